The van der Waals surface area contributed by atoms with Gasteiger partial charge in [-0.1, -0.05) is 89.2 Å². The zero-order chi connectivity index (χ0) is 41.8. The summed E-state index contributed by atoms with van der Waals surface area (Å²) in [6.07, 6.45) is 14.1. The minimum Gasteiger partial charge on any atom is -0.453 e. The number of aromatic amines is 2. The van der Waals surface area contributed by atoms with Crippen molar-refractivity contribution in [3.8, 4) is 22.4 Å². The summed E-state index contributed by atoms with van der Waals surface area (Å²) in [5.74, 6) is 1.23. The van der Waals surface area contributed by atoms with E-state index in [4.69, 9.17) is 14.5 Å². The summed E-state index contributed by atoms with van der Waals surface area (Å²) >= 11 is 0. The van der Waals surface area contributed by atoms with Gasteiger partial charge in [0.25, 0.3) is 0 Å². The maximum atomic E-state index is 13.7. The van der Waals surface area contributed by atoms with Crippen LogP contribution >= 0.6 is 0 Å². The first-order valence-corrected chi connectivity index (χ1v) is 20.4. The van der Waals surface area contributed by atoms with Crippen molar-refractivity contribution in [1.29, 1.82) is 0 Å². The van der Waals surface area contributed by atoms with Crippen molar-refractivity contribution in [2.24, 2.45) is 5.92 Å². The van der Waals surface area contributed by atoms with Gasteiger partial charge in [-0.05, 0) is 92.2 Å². The molecule has 0 aliphatic carbocycles. The number of nitrogens with zero attached hydrogens (tertiary/aromatic N) is 4. The van der Waals surface area contributed by atoms with E-state index in [0.29, 0.717) is 13.1 Å². The summed E-state index contributed by atoms with van der Waals surface area (Å²) in [5, 5.41) is 2.72. The SMILES string of the molecule is COC(=O)N[C@H](C(=O)N1CCC[C@H]1c1ncc(-c2ccc(C=CC=Cc3cnc([C@@H]4CCCN4C(=O)OC(C)(C)C)[nH]3)c(-c3ccc(C(C)(C)C)cc3)c2)[nH]1)C(C)C. The normalized spacial score (nSPS) is 18.1. The summed E-state index contributed by atoms with van der Waals surface area (Å²) in [4.78, 5) is 58.6. The molecule has 0 saturated carbocycles. The number of allylic oxidation sites excluding steroid dienone is 2. The Balaban J connectivity index is 1.23. The van der Waals surface area contributed by atoms with Crippen LogP contribution in [0, 0.1) is 5.92 Å². The number of benzene rings is 2. The molecular formula is C46H59N7O5. The number of nitrogens with one attached hydrogen (secondary N) is 3. The molecule has 6 rings (SSSR count). The van der Waals surface area contributed by atoms with Crippen molar-refractivity contribution in [2.75, 3.05) is 20.2 Å². The predicted octanol–water partition coefficient (Wildman–Crippen LogP) is 9.61. The number of methoxy groups -OCH3 is 1. The zero-order valence-electron chi connectivity index (χ0n) is 35.4. The molecule has 58 heavy (non-hydrogen) atoms. The molecule has 0 bridgehead atoms. The highest BCUT2D eigenvalue weighted by Crippen LogP contribution is 2.36. The number of carbonyl (C=O) groups excluding carboxylic acids is 3. The van der Waals surface area contributed by atoms with Gasteiger partial charge in [0.05, 0.1) is 43.0 Å². The fourth-order valence-electron chi connectivity index (χ4n) is 7.63. The highest BCUT2D eigenvalue weighted by Gasteiger charge is 2.38. The van der Waals surface area contributed by atoms with Crippen LogP contribution in [0.2, 0.25) is 0 Å². The number of aromatic nitrogens is 4. The van der Waals surface area contributed by atoms with Crippen LogP contribution in [0.1, 0.15) is 122 Å². The number of hydrogen-bond donors (Lipinski definition) is 3. The van der Waals surface area contributed by atoms with Crippen LogP contribution in [-0.4, -0.2) is 79.7 Å². The lowest BCUT2D eigenvalue weighted by atomic mass is 9.85. The highest BCUT2D eigenvalue weighted by atomic mass is 16.6. The van der Waals surface area contributed by atoms with Crippen molar-refractivity contribution < 1.29 is 23.9 Å². The number of rotatable bonds is 10. The third kappa shape index (κ3) is 9.89. The van der Waals surface area contributed by atoms with Gasteiger partial charge in [0.1, 0.15) is 23.3 Å². The fraction of sp³-hybridized carbons (Fsp3) is 0.457. The summed E-state index contributed by atoms with van der Waals surface area (Å²) in [6.45, 7) is 17.3. The third-order valence-corrected chi connectivity index (χ3v) is 10.7. The number of amides is 3. The van der Waals surface area contributed by atoms with Crippen LogP contribution < -0.4 is 5.32 Å². The molecule has 0 spiro atoms. The third-order valence-electron chi connectivity index (χ3n) is 10.7. The molecule has 2 aliphatic heterocycles. The molecule has 3 atom stereocenters. The van der Waals surface area contributed by atoms with Gasteiger partial charge in [-0.2, -0.15) is 0 Å². The van der Waals surface area contributed by atoms with E-state index in [9.17, 15) is 14.4 Å². The topological polar surface area (TPSA) is 146 Å². The van der Waals surface area contributed by atoms with E-state index in [0.717, 1.165) is 71.0 Å². The van der Waals surface area contributed by atoms with Gasteiger partial charge in [-0.25, -0.2) is 19.6 Å². The minimum atomic E-state index is -0.698. The maximum Gasteiger partial charge on any atom is 0.410 e. The lowest BCUT2D eigenvalue weighted by molar-refractivity contribution is -0.135. The second kappa shape index (κ2) is 17.5. The van der Waals surface area contributed by atoms with Gasteiger partial charge in [-0.15, -0.1) is 0 Å². The molecule has 2 fully saturated rings. The number of H-pyrrole nitrogens is 2. The van der Waals surface area contributed by atoms with E-state index in [2.05, 4.69) is 89.6 Å². The Kier molecular flexibility index (Phi) is 12.6. The first kappa shape index (κ1) is 42.0. The van der Waals surface area contributed by atoms with Crippen LogP contribution in [0.5, 0.6) is 0 Å². The van der Waals surface area contributed by atoms with Crippen LogP contribution in [0.4, 0.5) is 9.59 Å². The van der Waals surface area contributed by atoms with Crippen LogP contribution in [0.3, 0.4) is 0 Å². The summed E-state index contributed by atoms with van der Waals surface area (Å²) in [6, 6.07) is 14.0. The number of ether oxygens (including phenoxy) is 2. The number of alkyl carbamates (subject to hydrolysis) is 1. The van der Waals surface area contributed by atoms with Crippen molar-refractivity contribution in [3.05, 3.63) is 95.5 Å². The molecule has 2 aliphatic rings. The molecule has 2 saturated heterocycles. The van der Waals surface area contributed by atoms with E-state index >= 15 is 0 Å². The van der Waals surface area contributed by atoms with Gasteiger partial charge in [-0.3, -0.25) is 9.69 Å². The molecule has 0 unspecified atom stereocenters. The Bertz CT molecular complexity index is 2130. The molecule has 2 aromatic carbocycles. The Morgan fingerprint density at radius 3 is 2.10 bits per heavy atom. The fourth-order valence-corrected chi connectivity index (χ4v) is 7.63. The predicted molar refractivity (Wildman–Crippen MR) is 228 cm³/mol. The Morgan fingerprint density at radius 1 is 0.828 bits per heavy atom. The average Bonchev–Trinajstić information content (AvgIpc) is 4.01. The number of hydrogen-bond acceptors (Lipinski definition) is 7. The lowest BCUT2D eigenvalue weighted by Gasteiger charge is -2.30. The van der Waals surface area contributed by atoms with Crippen LogP contribution in [0.15, 0.2) is 67.0 Å². The summed E-state index contributed by atoms with van der Waals surface area (Å²) in [5.41, 5.74) is 6.61. The lowest BCUT2D eigenvalue weighted by Crippen LogP contribution is -2.51. The smallest absolute Gasteiger partial charge is 0.410 e. The van der Waals surface area contributed by atoms with Crippen LogP contribution in [-0.2, 0) is 19.7 Å². The van der Waals surface area contributed by atoms with E-state index in [1.54, 1.807) is 11.1 Å². The molecule has 3 amide bonds. The summed E-state index contributed by atoms with van der Waals surface area (Å²) in [7, 11) is 1.30. The zero-order valence-corrected chi connectivity index (χ0v) is 35.4. The van der Waals surface area contributed by atoms with Gasteiger partial charge in [0.15, 0.2) is 0 Å². The second-order valence-corrected chi connectivity index (χ2v) is 17.6. The van der Waals surface area contributed by atoms with Crippen molar-refractivity contribution in [3.63, 3.8) is 0 Å². The van der Waals surface area contributed by atoms with Gasteiger partial charge >= 0.3 is 12.2 Å². The van der Waals surface area contributed by atoms with Gasteiger partial charge < -0.3 is 29.7 Å². The molecule has 0 radical (unpaired) electrons. The Labute approximate surface area is 342 Å². The second-order valence-electron chi connectivity index (χ2n) is 17.6. The monoisotopic (exact) mass is 789 g/mol. The molecular weight excluding hydrogens is 731 g/mol. The van der Waals surface area contributed by atoms with Crippen molar-refractivity contribution >= 4 is 30.2 Å². The summed E-state index contributed by atoms with van der Waals surface area (Å²) < 4.78 is 10.4. The van der Waals surface area contributed by atoms with Gasteiger partial charge in [0, 0.05) is 18.7 Å². The maximum absolute atomic E-state index is 13.7. The van der Waals surface area contributed by atoms with E-state index in [1.807, 2.05) is 63.9 Å². The molecule has 2 aromatic heterocycles. The molecule has 308 valence electrons. The first-order chi connectivity index (χ1) is 27.5. The number of imidazole rings is 2. The standard InChI is InChI=1S/C46H59N7O5/c1-29(2)39(51-43(55)57-9)42(54)52-24-12-16-37(52)41-48-28-36(50-41)32-19-18-30(35(26-32)31-20-22-33(23-21-31)45(3,4)5)14-10-11-15-34-27-47-40(49-34)38-17-13-25-53(38)44(56)58-46(6,7)8/h10-11,14-15,18-23,26-29,37-39H,12-13,16-17,24-25H2,1-9H3,(H,47,49)(H,48,50)(H,51,55)/t37-,38-,39-/m0/s1. The number of likely N-dealkylation sites (tertiary alicyclic amines) is 2. The van der Waals surface area contributed by atoms with Crippen molar-refractivity contribution in [2.45, 2.75) is 110 Å². The minimum absolute atomic E-state index is 0.0264. The van der Waals surface area contributed by atoms with Crippen LogP contribution in [0.25, 0.3) is 34.5 Å². The number of carbonyl (C=O) groups is 3. The Hall–Kier alpha value is -5.65. The molecule has 4 heterocycles. The molecule has 3 N–H and O–H groups in total. The average molecular weight is 790 g/mol. The largest absolute Gasteiger partial charge is 0.453 e. The van der Waals surface area contributed by atoms with Crippen molar-refractivity contribution in [1.82, 2.24) is 35.1 Å². The molecule has 12 heteroatoms. The quantitative estimate of drug-likeness (QED) is 0.136. The van der Waals surface area contributed by atoms with E-state index in [1.165, 1.54) is 12.7 Å². The van der Waals surface area contributed by atoms with E-state index in [-0.39, 0.29) is 35.4 Å². The molecule has 4 aromatic rings. The molecule has 12 nitrogen and oxygen atoms in total. The highest BCUT2D eigenvalue weighted by molar-refractivity contribution is 5.86. The van der Waals surface area contributed by atoms with E-state index < -0.39 is 17.7 Å². The first-order valence-electron chi connectivity index (χ1n) is 20.4. The Morgan fingerprint density at radius 2 is 1.45 bits per heavy atom. The van der Waals surface area contributed by atoms with Gasteiger partial charge in [0.2, 0.25) is 5.91 Å².